The Balaban J connectivity index is 0.000000561. The minimum absolute atomic E-state index is 0.315. The Kier molecular flexibility index (Phi) is 4.98. The fraction of sp³-hybridized carbons (Fsp3) is 0.400. The first-order valence-corrected chi connectivity index (χ1v) is 4.86. The molecule has 1 N–H and O–H groups in total. The Morgan fingerprint density at radius 3 is 2.08 bits per heavy atom. The molecule has 1 aromatic rings. The highest BCUT2D eigenvalue weighted by molar-refractivity contribution is 9.10. The van der Waals surface area contributed by atoms with E-state index in [1.54, 1.807) is 12.1 Å². The Morgan fingerprint density at radius 2 is 1.67 bits per heavy atom. The highest BCUT2D eigenvalue weighted by Crippen LogP contribution is 2.24. The smallest absolute Gasteiger partial charge is 0.116 e. The number of hydrogen-bond acceptors (Lipinski definition) is 1. The highest BCUT2D eigenvalue weighted by Gasteiger charge is 1.99. The molecule has 68 valence electrons. The van der Waals surface area contributed by atoms with Crippen molar-refractivity contribution in [3.05, 3.63) is 27.7 Å². The van der Waals surface area contributed by atoms with Crippen molar-refractivity contribution in [2.45, 2.75) is 27.7 Å². The van der Waals surface area contributed by atoms with Crippen molar-refractivity contribution in [3.8, 4) is 5.75 Å². The van der Waals surface area contributed by atoms with E-state index in [-0.39, 0.29) is 0 Å². The number of halogens is 1. The second-order valence-corrected chi connectivity index (χ2v) is 3.22. The molecule has 0 fully saturated rings. The fourth-order valence-corrected chi connectivity index (χ4v) is 1.35. The molecule has 0 radical (unpaired) electrons. The predicted octanol–water partition coefficient (Wildman–Crippen LogP) is 3.80. The van der Waals surface area contributed by atoms with Gasteiger partial charge in [-0.2, -0.15) is 0 Å². The molecule has 0 saturated carbocycles. The molecule has 0 unspecified atom stereocenters. The maximum absolute atomic E-state index is 9.09. The second kappa shape index (κ2) is 5.20. The minimum Gasteiger partial charge on any atom is -0.508 e. The molecule has 0 aliphatic rings. The van der Waals surface area contributed by atoms with Gasteiger partial charge in [-0.1, -0.05) is 29.8 Å². The highest BCUT2D eigenvalue weighted by atomic mass is 79.9. The van der Waals surface area contributed by atoms with Crippen LogP contribution >= 0.6 is 15.9 Å². The SMILES string of the molecule is CC.Cc1cc(O)cc(Br)c1C. The summed E-state index contributed by atoms with van der Waals surface area (Å²) in [6, 6.07) is 3.45. The zero-order valence-electron chi connectivity index (χ0n) is 7.98. The van der Waals surface area contributed by atoms with Crippen LogP contribution in [0.4, 0.5) is 0 Å². The normalized spacial score (nSPS) is 8.75. The quantitative estimate of drug-likeness (QED) is 0.720. The number of phenols is 1. The zero-order valence-corrected chi connectivity index (χ0v) is 9.57. The molecule has 0 amide bonds. The van der Waals surface area contributed by atoms with Crippen molar-refractivity contribution in [1.82, 2.24) is 0 Å². The summed E-state index contributed by atoms with van der Waals surface area (Å²) in [5.41, 5.74) is 2.28. The average Bonchev–Trinajstić information content (AvgIpc) is 2.04. The van der Waals surface area contributed by atoms with E-state index in [1.807, 2.05) is 27.7 Å². The van der Waals surface area contributed by atoms with Crippen LogP contribution in [0.15, 0.2) is 16.6 Å². The molecule has 12 heavy (non-hydrogen) atoms. The van der Waals surface area contributed by atoms with Crippen LogP contribution in [0.5, 0.6) is 5.75 Å². The Labute approximate surface area is 82.6 Å². The maximum Gasteiger partial charge on any atom is 0.116 e. The summed E-state index contributed by atoms with van der Waals surface area (Å²) in [6.45, 7) is 7.98. The lowest BCUT2D eigenvalue weighted by Gasteiger charge is -2.02. The van der Waals surface area contributed by atoms with Crippen molar-refractivity contribution < 1.29 is 5.11 Å². The molecular weight excluding hydrogens is 216 g/mol. The van der Waals surface area contributed by atoms with Crippen LogP contribution in [-0.4, -0.2) is 5.11 Å². The molecule has 0 atom stereocenters. The maximum atomic E-state index is 9.09. The molecule has 0 aliphatic heterocycles. The molecule has 0 bridgehead atoms. The summed E-state index contributed by atoms with van der Waals surface area (Å²) in [7, 11) is 0. The number of benzene rings is 1. The van der Waals surface area contributed by atoms with Gasteiger partial charge in [-0.3, -0.25) is 0 Å². The number of aryl methyl sites for hydroxylation is 1. The van der Waals surface area contributed by atoms with E-state index in [0.717, 1.165) is 10.0 Å². The first-order chi connectivity index (χ1) is 5.61. The van der Waals surface area contributed by atoms with Crippen LogP contribution in [0.2, 0.25) is 0 Å². The lowest BCUT2D eigenvalue weighted by Crippen LogP contribution is -1.80. The lowest BCUT2D eigenvalue weighted by molar-refractivity contribution is 0.474. The van der Waals surface area contributed by atoms with Crippen molar-refractivity contribution in [2.24, 2.45) is 0 Å². The lowest BCUT2D eigenvalue weighted by atomic mass is 10.1. The summed E-state index contributed by atoms with van der Waals surface area (Å²) >= 11 is 3.34. The number of phenolic OH excluding ortho intramolecular Hbond substituents is 1. The average molecular weight is 231 g/mol. The minimum atomic E-state index is 0.315. The summed E-state index contributed by atoms with van der Waals surface area (Å²) in [6.07, 6.45) is 0. The van der Waals surface area contributed by atoms with E-state index in [0.29, 0.717) is 5.75 Å². The van der Waals surface area contributed by atoms with Gasteiger partial charge in [0.2, 0.25) is 0 Å². The van der Waals surface area contributed by atoms with Crippen molar-refractivity contribution in [2.75, 3.05) is 0 Å². The van der Waals surface area contributed by atoms with Gasteiger partial charge in [0.05, 0.1) is 0 Å². The van der Waals surface area contributed by atoms with Crippen LogP contribution in [0.1, 0.15) is 25.0 Å². The van der Waals surface area contributed by atoms with Gasteiger partial charge in [0, 0.05) is 4.47 Å². The molecule has 0 saturated heterocycles. The summed E-state index contributed by atoms with van der Waals surface area (Å²) in [5, 5.41) is 9.09. The van der Waals surface area contributed by atoms with Crippen molar-refractivity contribution in [1.29, 1.82) is 0 Å². The predicted molar refractivity (Wildman–Crippen MR) is 56.6 cm³/mol. The molecule has 0 aromatic heterocycles. The molecule has 0 heterocycles. The molecule has 0 spiro atoms. The first-order valence-electron chi connectivity index (χ1n) is 4.07. The van der Waals surface area contributed by atoms with Gasteiger partial charge < -0.3 is 5.11 Å². The van der Waals surface area contributed by atoms with E-state index < -0.39 is 0 Å². The first kappa shape index (κ1) is 11.5. The number of rotatable bonds is 0. The van der Waals surface area contributed by atoms with Crippen molar-refractivity contribution in [3.63, 3.8) is 0 Å². The summed E-state index contributed by atoms with van der Waals surface area (Å²) < 4.78 is 0.963. The monoisotopic (exact) mass is 230 g/mol. The van der Waals surface area contributed by atoms with Crippen LogP contribution in [0, 0.1) is 13.8 Å². The van der Waals surface area contributed by atoms with Crippen LogP contribution in [0.3, 0.4) is 0 Å². The van der Waals surface area contributed by atoms with E-state index in [9.17, 15) is 0 Å². The zero-order chi connectivity index (χ0) is 9.72. The standard InChI is InChI=1S/C8H9BrO.C2H6/c1-5-3-7(10)4-8(9)6(5)2;1-2/h3-4,10H,1-2H3;1-2H3. The Hall–Kier alpha value is -0.500. The molecule has 1 nitrogen and oxygen atoms in total. The van der Waals surface area contributed by atoms with Gasteiger partial charge in [0.1, 0.15) is 5.75 Å². The van der Waals surface area contributed by atoms with E-state index in [2.05, 4.69) is 15.9 Å². The third-order valence-corrected chi connectivity index (χ3v) is 2.41. The molecule has 1 aromatic carbocycles. The Bertz CT molecular complexity index is 233. The third-order valence-electron chi connectivity index (χ3n) is 1.59. The van der Waals surface area contributed by atoms with Crippen LogP contribution in [-0.2, 0) is 0 Å². The summed E-state index contributed by atoms with van der Waals surface area (Å²) in [4.78, 5) is 0. The van der Waals surface area contributed by atoms with Gasteiger partial charge in [-0.05, 0) is 37.1 Å². The molecule has 1 rings (SSSR count). The fourth-order valence-electron chi connectivity index (χ4n) is 0.798. The van der Waals surface area contributed by atoms with E-state index >= 15 is 0 Å². The molecular formula is C10H15BrO. The molecule has 2 heteroatoms. The number of aromatic hydroxyl groups is 1. The topological polar surface area (TPSA) is 20.2 Å². The van der Waals surface area contributed by atoms with E-state index in [4.69, 9.17) is 5.11 Å². The van der Waals surface area contributed by atoms with Crippen LogP contribution < -0.4 is 0 Å². The van der Waals surface area contributed by atoms with Crippen molar-refractivity contribution >= 4 is 15.9 Å². The number of hydrogen-bond donors (Lipinski definition) is 1. The van der Waals surface area contributed by atoms with Gasteiger partial charge in [0.15, 0.2) is 0 Å². The molecule has 0 aliphatic carbocycles. The largest absolute Gasteiger partial charge is 0.508 e. The third kappa shape index (κ3) is 2.86. The Morgan fingerprint density at radius 1 is 1.17 bits per heavy atom. The van der Waals surface area contributed by atoms with Gasteiger partial charge in [-0.15, -0.1) is 0 Å². The summed E-state index contributed by atoms with van der Waals surface area (Å²) in [5.74, 6) is 0.315. The van der Waals surface area contributed by atoms with Crippen LogP contribution in [0.25, 0.3) is 0 Å². The van der Waals surface area contributed by atoms with Gasteiger partial charge >= 0.3 is 0 Å². The van der Waals surface area contributed by atoms with Gasteiger partial charge in [-0.25, -0.2) is 0 Å². The van der Waals surface area contributed by atoms with Gasteiger partial charge in [0.25, 0.3) is 0 Å². The van der Waals surface area contributed by atoms with E-state index in [1.165, 1.54) is 5.56 Å². The second-order valence-electron chi connectivity index (χ2n) is 2.37.